The molecule has 0 radical (unpaired) electrons. The molecule has 0 aromatic rings. The van der Waals surface area contributed by atoms with E-state index in [0.29, 0.717) is 0 Å². The minimum absolute atomic E-state index is 0.856. The van der Waals surface area contributed by atoms with Crippen molar-refractivity contribution in [1.82, 2.24) is 4.90 Å². The molecule has 0 amide bonds. The Morgan fingerprint density at radius 3 is 1.06 bits per heavy atom. The van der Waals surface area contributed by atoms with E-state index in [1.165, 1.54) is 161 Å². The highest BCUT2D eigenvalue weighted by Gasteiger charge is 2.16. The summed E-state index contributed by atoms with van der Waals surface area (Å²) in [6.07, 6.45) is 33.1. The Morgan fingerprint density at radius 2 is 0.710 bits per heavy atom. The van der Waals surface area contributed by atoms with Crippen LogP contribution >= 0.6 is 0 Å². The second-order valence-electron chi connectivity index (χ2n) is 10.3. The topological polar surface area (TPSA) is 3.24 Å². The van der Waals surface area contributed by atoms with Crippen LogP contribution < -0.4 is 0 Å². The first-order chi connectivity index (χ1) is 15.3. The fraction of sp³-hybridized carbons (Fsp3) is 1.00. The Hall–Kier alpha value is -0.0400. The summed E-state index contributed by atoms with van der Waals surface area (Å²) in [6.45, 7) is 12.0. The Labute approximate surface area is 199 Å². The lowest BCUT2D eigenvalue weighted by Crippen LogP contribution is -2.37. The van der Waals surface area contributed by atoms with Crippen LogP contribution in [0.4, 0.5) is 0 Å². The Kier molecular flexibility index (Phi) is 26.2. The van der Waals surface area contributed by atoms with E-state index in [1.54, 1.807) is 0 Å². The van der Waals surface area contributed by atoms with Gasteiger partial charge in [0.2, 0.25) is 0 Å². The highest BCUT2D eigenvalue weighted by atomic mass is 15.1. The summed E-state index contributed by atoms with van der Waals surface area (Å²) in [5, 5.41) is 0. The van der Waals surface area contributed by atoms with Crippen LogP contribution in [-0.2, 0) is 0 Å². The predicted octanol–water partition coefficient (Wildman–Crippen LogP) is 10.7. The fourth-order valence-corrected chi connectivity index (χ4v) is 4.97. The molecule has 0 aromatic heterocycles. The van der Waals surface area contributed by atoms with Crippen molar-refractivity contribution in [2.45, 2.75) is 181 Å². The fourth-order valence-electron chi connectivity index (χ4n) is 4.97. The molecule has 0 saturated heterocycles. The molecule has 31 heavy (non-hydrogen) atoms. The summed E-state index contributed by atoms with van der Waals surface area (Å²) in [7, 11) is 0. The normalized spacial score (nSPS) is 12.7. The van der Waals surface area contributed by atoms with Gasteiger partial charge >= 0.3 is 0 Å². The number of hydrogen-bond donors (Lipinski definition) is 0. The van der Waals surface area contributed by atoms with Gasteiger partial charge < -0.3 is 4.90 Å². The smallest absolute Gasteiger partial charge is 0.00951 e. The van der Waals surface area contributed by atoms with Crippen molar-refractivity contribution >= 4 is 0 Å². The zero-order chi connectivity index (χ0) is 22.8. The van der Waals surface area contributed by atoms with Crippen LogP contribution in [0.15, 0.2) is 0 Å². The minimum atomic E-state index is 0.856. The van der Waals surface area contributed by atoms with Crippen LogP contribution in [0.3, 0.4) is 0 Å². The monoisotopic (exact) mass is 437 g/mol. The van der Waals surface area contributed by atoms with Gasteiger partial charge in [-0.2, -0.15) is 0 Å². The Morgan fingerprint density at radius 1 is 0.355 bits per heavy atom. The van der Waals surface area contributed by atoms with Gasteiger partial charge in [0.05, 0.1) is 0 Å². The third-order valence-corrected chi connectivity index (χ3v) is 7.13. The predicted molar refractivity (Wildman–Crippen MR) is 144 cm³/mol. The van der Waals surface area contributed by atoms with Crippen molar-refractivity contribution in [3.63, 3.8) is 0 Å². The third kappa shape index (κ3) is 21.6. The average Bonchev–Trinajstić information content (AvgIpc) is 2.78. The van der Waals surface area contributed by atoms with E-state index in [2.05, 4.69) is 32.6 Å². The summed E-state index contributed by atoms with van der Waals surface area (Å²) >= 11 is 0. The molecule has 0 aliphatic rings. The average molecular weight is 438 g/mol. The van der Waals surface area contributed by atoms with Crippen molar-refractivity contribution in [2.75, 3.05) is 13.1 Å². The SMILES string of the molecule is CCCCCCCCCCCCCCCCCCC(CCC)N(CCCC)CCCC. The largest absolute Gasteiger partial charge is 0.300 e. The third-order valence-electron chi connectivity index (χ3n) is 7.13. The van der Waals surface area contributed by atoms with Crippen LogP contribution in [0.2, 0.25) is 0 Å². The minimum Gasteiger partial charge on any atom is -0.300 e. The first kappa shape index (κ1) is 31.0. The lowest BCUT2D eigenvalue weighted by molar-refractivity contribution is 0.167. The maximum Gasteiger partial charge on any atom is 0.00951 e. The molecular weight excluding hydrogens is 374 g/mol. The maximum atomic E-state index is 2.85. The van der Waals surface area contributed by atoms with Crippen molar-refractivity contribution in [3.05, 3.63) is 0 Å². The van der Waals surface area contributed by atoms with Crippen LogP contribution in [0.1, 0.15) is 175 Å². The van der Waals surface area contributed by atoms with E-state index >= 15 is 0 Å². The van der Waals surface area contributed by atoms with Crippen molar-refractivity contribution < 1.29 is 0 Å². The molecule has 0 bridgehead atoms. The zero-order valence-electron chi connectivity index (χ0n) is 22.7. The van der Waals surface area contributed by atoms with E-state index in [-0.39, 0.29) is 0 Å². The van der Waals surface area contributed by atoms with Gasteiger partial charge in [0.15, 0.2) is 0 Å². The van der Waals surface area contributed by atoms with Crippen molar-refractivity contribution in [2.24, 2.45) is 0 Å². The molecule has 0 aliphatic carbocycles. The van der Waals surface area contributed by atoms with Crippen LogP contribution in [0.5, 0.6) is 0 Å². The molecule has 188 valence electrons. The number of hydrogen-bond acceptors (Lipinski definition) is 1. The molecule has 0 saturated carbocycles. The van der Waals surface area contributed by atoms with Gasteiger partial charge in [0.1, 0.15) is 0 Å². The van der Waals surface area contributed by atoms with Gasteiger partial charge in [-0.3, -0.25) is 0 Å². The standard InChI is InChI=1S/C30H63N/c1-5-9-12-13-14-15-16-17-18-19-20-21-22-23-24-25-27-30(26-8-4)31(28-10-6-2)29-11-7-3/h30H,5-29H2,1-4H3. The molecule has 0 heterocycles. The maximum absolute atomic E-state index is 2.85. The highest BCUT2D eigenvalue weighted by Crippen LogP contribution is 2.19. The molecule has 0 rings (SSSR count). The van der Waals surface area contributed by atoms with Crippen LogP contribution in [0.25, 0.3) is 0 Å². The second kappa shape index (κ2) is 26.2. The number of unbranched alkanes of at least 4 members (excludes halogenated alkanes) is 17. The summed E-state index contributed by atoms with van der Waals surface area (Å²) in [5.41, 5.74) is 0. The van der Waals surface area contributed by atoms with Gasteiger partial charge in [-0.25, -0.2) is 0 Å². The number of nitrogens with zero attached hydrogens (tertiary/aromatic N) is 1. The van der Waals surface area contributed by atoms with Gasteiger partial charge in [0, 0.05) is 6.04 Å². The van der Waals surface area contributed by atoms with E-state index in [0.717, 1.165) is 6.04 Å². The van der Waals surface area contributed by atoms with E-state index in [4.69, 9.17) is 0 Å². The molecule has 1 atom stereocenters. The van der Waals surface area contributed by atoms with Gasteiger partial charge in [-0.1, -0.05) is 150 Å². The molecule has 1 unspecified atom stereocenters. The first-order valence-electron chi connectivity index (χ1n) is 15.0. The first-order valence-corrected chi connectivity index (χ1v) is 15.0. The molecule has 0 N–H and O–H groups in total. The lowest BCUT2D eigenvalue weighted by atomic mass is 9.99. The van der Waals surface area contributed by atoms with Crippen molar-refractivity contribution in [3.8, 4) is 0 Å². The zero-order valence-corrected chi connectivity index (χ0v) is 22.7. The van der Waals surface area contributed by atoms with Crippen LogP contribution in [0, 0.1) is 0 Å². The summed E-state index contributed by atoms with van der Waals surface area (Å²) in [6, 6.07) is 0.856. The number of rotatable bonds is 26. The van der Waals surface area contributed by atoms with E-state index in [1.807, 2.05) is 0 Å². The van der Waals surface area contributed by atoms with Gasteiger partial charge in [0.25, 0.3) is 0 Å². The molecule has 0 aliphatic heterocycles. The van der Waals surface area contributed by atoms with Gasteiger partial charge in [-0.15, -0.1) is 0 Å². The molecule has 1 nitrogen and oxygen atoms in total. The summed E-state index contributed by atoms with van der Waals surface area (Å²) in [5.74, 6) is 0. The Bertz CT molecular complexity index is 306. The van der Waals surface area contributed by atoms with Gasteiger partial charge in [-0.05, 0) is 38.8 Å². The summed E-state index contributed by atoms with van der Waals surface area (Å²) < 4.78 is 0. The molecular formula is C30H63N. The van der Waals surface area contributed by atoms with E-state index in [9.17, 15) is 0 Å². The molecule has 0 fully saturated rings. The lowest BCUT2D eigenvalue weighted by Gasteiger charge is -2.32. The Balaban J connectivity index is 3.62. The highest BCUT2D eigenvalue weighted by molar-refractivity contribution is 4.72. The molecule has 0 aromatic carbocycles. The second-order valence-corrected chi connectivity index (χ2v) is 10.3. The van der Waals surface area contributed by atoms with Crippen molar-refractivity contribution in [1.29, 1.82) is 0 Å². The summed E-state index contributed by atoms with van der Waals surface area (Å²) in [4.78, 5) is 2.85. The molecule has 1 heteroatoms. The van der Waals surface area contributed by atoms with E-state index < -0.39 is 0 Å². The quantitative estimate of drug-likeness (QED) is 0.122. The van der Waals surface area contributed by atoms with Crippen LogP contribution in [-0.4, -0.2) is 24.0 Å². The molecule has 0 spiro atoms.